The van der Waals surface area contributed by atoms with Gasteiger partial charge in [-0.2, -0.15) is 9.97 Å². The van der Waals surface area contributed by atoms with Gasteiger partial charge >= 0.3 is 6.09 Å². The Morgan fingerprint density at radius 1 is 1.30 bits per heavy atom. The van der Waals surface area contributed by atoms with Crippen molar-refractivity contribution in [2.24, 2.45) is 11.7 Å². The van der Waals surface area contributed by atoms with Crippen LogP contribution < -0.4 is 15.2 Å². The van der Waals surface area contributed by atoms with Gasteiger partial charge in [0.15, 0.2) is 0 Å². The summed E-state index contributed by atoms with van der Waals surface area (Å²) in [5, 5.41) is 0. The summed E-state index contributed by atoms with van der Waals surface area (Å²) in [5.74, 6) is 1.76. The van der Waals surface area contributed by atoms with Crippen LogP contribution in [-0.4, -0.2) is 27.7 Å². The Hall–Kier alpha value is -2.70. The lowest BCUT2D eigenvalue weighted by atomic mass is 10.2. The van der Waals surface area contributed by atoms with E-state index >= 15 is 0 Å². The van der Waals surface area contributed by atoms with E-state index in [0.717, 1.165) is 17.7 Å². The third kappa shape index (κ3) is 3.94. The summed E-state index contributed by atoms with van der Waals surface area (Å²) in [6.07, 6.45) is 2.01. The van der Waals surface area contributed by atoms with Gasteiger partial charge in [0.1, 0.15) is 5.82 Å². The first-order valence-corrected chi connectivity index (χ1v) is 7.39. The van der Waals surface area contributed by atoms with Gasteiger partial charge in [-0.1, -0.05) is 6.07 Å². The Bertz CT molecular complexity index is 718. The van der Waals surface area contributed by atoms with E-state index in [0.29, 0.717) is 30.1 Å². The van der Waals surface area contributed by atoms with Crippen LogP contribution in [-0.2, 0) is 0 Å². The molecule has 7 nitrogen and oxygen atoms in total. The molecule has 1 aliphatic rings. The van der Waals surface area contributed by atoms with Crippen molar-refractivity contribution in [2.45, 2.75) is 26.2 Å². The van der Waals surface area contributed by atoms with Gasteiger partial charge in [0.25, 0.3) is 0 Å². The van der Waals surface area contributed by atoms with Crippen LogP contribution in [0.1, 0.15) is 29.4 Å². The number of primary amides is 1. The molecule has 0 radical (unpaired) electrons. The number of hydrogen-bond donors (Lipinski definition) is 1. The molecule has 2 N–H and O–H groups in total. The number of rotatable bonds is 5. The highest BCUT2D eigenvalue weighted by molar-refractivity contribution is 5.67. The van der Waals surface area contributed by atoms with Gasteiger partial charge in [-0.05, 0) is 31.9 Å². The van der Waals surface area contributed by atoms with E-state index in [4.69, 9.17) is 15.2 Å². The molecule has 3 rings (SSSR count). The number of hydrogen-bond acceptors (Lipinski definition) is 6. The van der Waals surface area contributed by atoms with Gasteiger partial charge in [0.05, 0.1) is 12.7 Å². The average molecular weight is 314 g/mol. The number of aromatic nitrogens is 3. The summed E-state index contributed by atoms with van der Waals surface area (Å²) < 4.78 is 10.5. The molecule has 1 amide bonds. The normalized spacial score (nSPS) is 19.2. The lowest BCUT2D eigenvalue weighted by Gasteiger charge is -2.07. The molecule has 120 valence electrons. The van der Waals surface area contributed by atoms with E-state index in [-0.39, 0.29) is 5.88 Å². The van der Waals surface area contributed by atoms with Gasteiger partial charge < -0.3 is 15.2 Å². The van der Waals surface area contributed by atoms with Crippen LogP contribution in [0.25, 0.3) is 0 Å². The molecule has 2 heterocycles. The lowest BCUT2D eigenvalue weighted by Crippen LogP contribution is -2.17. The SMILES string of the molecule is Cc1ccc([C@H]2C[C@@H]2COc2cc(OC(N)=O)nc(C)n2)nc1. The fraction of sp³-hybridized carbons (Fsp3) is 0.375. The van der Waals surface area contributed by atoms with E-state index in [9.17, 15) is 4.79 Å². The maximum atomic E-state index is 10.8. The highest BCUT2D eigenvalue weighted by Crippen LogP contribution is 2.46. The maximum absolute atomic E-state index is 10.8. The molecule has 7 heteroatoms. The van der Waals surface area contributed by atoms with Crippen molar-refractivity contribution in [3.05, 3.63) is 41.5 Å². The zero-order valence-electron chi connectivity index (χ0n) is 13.0. The van der Waals surface area contributed by atoms with Crippen LogP contribution in [0.4, 0.5) is 4.79 Å². The molecular weight excluding hydrogens is 296 g/mol. The van der Waals surface area contributed by atoms with Crippen LogP contribution in [0.15, 0.2) is 24.4 Å². The molecule has 1 saturated carbocycles. The molecule has 2 aromatic heterocycles. The van der Waals surface area contributed by atoms with Crippen molar-refractivity contribution in [2.75, 3.05) is 6.61 Å². The Balaban J connectivity index is 1.58. The Labute approximate surface area is 133 Å². The van der Waals surface area contributed by atoms with E-state index in [1.54, 1.807) is 6.92 Å². The van der Waals surface area contributed by atoms with Gasteiger partial charge in [-0.25, -0.2) is 4.79 Å². The molecule has 0 aromatic carbocycles. The summed E-state index contributed by atoms with van der Waals surface area (Å²) >= 11 is 0. The van der Waals surface area contributed by atoms with Crippen LogP contribution in [0.5, 0.6) is 11.8 Å². The van der Waals surface area contributed by atoms with Crippen LogP contribution in [0.2, 0.25) is 0 Å². The Morgan fingerprint density at radius 3 is 2.78 bits per heavy atom. The summed E-state index contributed by atoms with van der Waals surface area (Å²) in [7, 11) is 0. The number of aryl methyl sites for hydroxylation is 2. The van der Waals surface area contributed by atoms with Crippen molar-refractivity contribution in [1.29, 1.82) is 0 Å². The number of ether oxygens (including phenoxy) is 2. The predicted octanol–water partition coefficient (Wildman–Crippen LogP) is 2.13. The number of nitrogens with two attached hydrogens (primary N) is 1. The van der Waals surface area contributed by atoms with Crippen molar-refractivity contribution < 1.29 is 14.3 Å². The standard InChI is InChI=1S/C16H18N4O3/c1-9-3-4-13(18-7-9)12-5-11(12)8-22-14-6-15(23-16(17)21)20-10(2)19-14/h3-4,6-7,11-12H,5,8H2,1-2H3,(H2,17,21)/t11-,12+/m1/s1. The van der Waals surface area contributed by atoms with Gasteiger partial charge in [0.2, 0.25) is 11.8 Å². The van der Waals surface area contributed by atoms with Crippen molar-refractivity contribution in [1.82, 2.24) is 15.0 Å². The minimum absolute atomic E-state index is 0.0903. The molecule has 0 aliphatic heterocycles. The number of pyridine rings is 1. The zero-order valence-corrected chi connectivity index (χ0v) is 13.0. The van der Waals surface area contributed by atoms with Crippen LogP contribution in [0.3, 0.4) is 0 Å². The average Bonchev–Trinajstić information content (AvgIpc) is 3.24. The largest absolute Gasteiger partial charge is 0.477 e. The van der Waals surface area contributed by atoms with Gasteiger partial charge in [-0.3, -0.25) is 4.98 Å². The molecule has 0 unspecified atom stereocenters. The third-order valence-electron chi connectivity index (χ3n) is 3.68. The lowest BCUT2D eigenvalue weighted by molar-refractivity contribution is 0.208. The van der Waals surface area contributed by atoms with E-state index < -0.39 is 6.09 Å². The summed E-state index contributed by atoms with van der Waals surface area (Å²) in [6, 6.07) is 5.59. The summed E-state index contributed by atoms with van der Waals surface area (Å²) in [5.41, 5.74) is 7.23. The first-order chi connectivity index (χ1) is 11.0. The molecule has 1 fully saturated rings. The minimum Gasteiger partial charge on any atom is -0.477 e. The van der Waals surface area contributed by atoms with Crippen LogP contribution >= 0.6 is 0 Å². The Kier molecular flexibility index (Phi) is 4.10. The molecular formula is C16H18N4O3. The molecule has 2 aromatic rings. The van der Waals surface area contributed by atoms with Gasteiger partial charge in [-0.15, -0.1) is 0 Å². The number of carbonyl (C=O) groups excluding carboxylic acids is 1. The van der Waals surface area contributed by atoms with Crippen molar-refractivity contribution >= 4 is 6.09 Å². The quantitative estimate of drug-likeness (QED) is 0.907. The van der Waals surface area contributed by atoms with Crippen molar-refractivity contribution in [3.63, 3.8) is 0 Å². The minimum atomic E-state index is -0.915. The highest BCUT2D eigenvalue weighted by atomic mass is 16.6. The molecule has 23 heavy (non-hydrogen) atoms. The Morgan fingerprint density at radius 2 is 2.09 bits per heavy atom. The fourth-order valence-corrected chi connectivity index (χ4v) is 2.43. The third-order valence-corrected chi connectivity index (χ3v) is 3.68. The topological polar surface area (TPSA) is 100 Å². The maximum Gasteiger partial charge on any atom is 0.411 e. The van der Waals surface area contributed by atoms with Crippen LogP contribution in [0, 0.1) is 19.8 Å². The molecule has 0 bridgehead atoms. The van der Waals surface area contributed by atoms with E-state index in [1.165, 1.54) is 6.07 Å². The highest BCUT2D eigenvalue weighted by Gasteiger charge is 2.40. The molecule has 0 spiro atoms. The first kappa shape index (κ1) is 15.2. The first-order valence-electron chi connectivity index (χ1n) is 7.39. The fourth-order valence-electron chi connectivity index (χ4n) is 2.43. The summed E-state index contributed by atoms with van der Waals surface area (Å²) in [6.45, 7) is 4.25. The molecule has 1 aliphatic carbocycles. The van der Waals surface area contributed by atoms with Gasteiger partial charge in [0, 0.05) is 23.7 Å². The second-order valence-corrected chi connectivity index (χ2v) is 5.69. The second-order valence-electron chi connectivity index (χ2n) is 5.69. The summed E-state index contributed by atoms with van der Waals surface area (Å²) in [4.78, 5) is 23.4. The second kappa shape index (κ2) is 6.20. The smallest absolute Gasteiger partial charge is 0.411 e. The molecule has 2 atom stereocenters. The van der Waals surface area contributed by atoms with E-state index in [2.05, 4.69) is 27.1 Å². The predicted molar refractivity (Wildman–Crippen MR) is 82.3 cm³/mol. The monoisotopic (exact) mass is 314 g/mol. The number of amides is 1. The van der Waals surface area contributed by atoms with Crippen molar-refractivity contribution in [3.8, 4) is 11.8 Å². The number of nitrogens with zero attached hydrogens (tertiary/aromatic N) is 3. The zero-order chi connectivity index (χ0) is 16.4. The number of carbonyl (C=O) groups is 1. The molecule has 0 saturated heterocycles. The van der Waals surface area contributed by atoms with E-state index in [1.807, 2.05) is 13.1 Å².